The maximum Gasteiger partial charge on any atom is 0.379 e. The summed E-state index contributed by atoms with van der Waals surface area (Å²) >= 11 is 1.13. The Balaban J connectivity index is 2.45. The zero-order chi connectivity index (χ0) is 8.39. The summed E-state index contributed by atoms with van der Waals surface area (Å²) in [4.78, 5) is 3.73. The molecule has 1 aromatic heterocycles. The first-order valence-electron chi connectivity index (χ1n) is 3.42. The molecule has 0 aliphatic rings. The molecule has 0 bridgehead atoms. The summed E-state index contributed by atoms with van der Waals surface area (Å²) in [7, 11) is 0. The highest BCUT2D eigenvalue weighted by molar-refractivity contribution is 7.09. The quantitative estimate of drug-likeness (QED) is 0.671. The fourth-order valence-corrected chi connectivity index (χ4v) is 1.47. The molecule has 0 saturated heterocycles. The molecule has 3 nitrogen and oxygen atoms in total. The predicted octanol–water partition coefficient (Wildman–Crippen LogP) is 2.35. The van der Waals surface area contributed by atoms with Gasteiger partial charge in [-0.25, -0.2) is 5.11 Å². The van der Waals surface area contributed by atoms with Gasteiger partial charge < -0.3 is 0 Å². The molecule has 0 N–H and O–H groups in total. The summed E-state index contributed by atoms with van der Waals surface area (Å²) in [6.45, 7) is 0. The Labute approximate surface area is 73.5 Å². The Hall–Kier alpha value is -1.42. The average Bonchev–Trinajstić information content (AvgIpc) is 2.54. The molecule has 0 atom stereocenters. The summed E-state index contributed by atoms with van der Waals surface area (Å²) < 4.78 is 3.57. The van der Waals surface area contributed by atoms with E-state index >= 15 is 0 Å². The van der Waals surface area contributed by atoms with E-state index in [1.165, 1.54) is 0 Å². The van der Waals surface area contributed by atoms with Crippen LogP contribution in [-0.4, -0.2) is 9.36 Å². The standard InChI is InChI=1S/C8H5N2OS/c11-8-9-7(12-10-8)6-4-2-1-3-5-6/h1-5H. The molecule has 0 aliphatic carbocycles. The van der Waals surface area contributed by atoms with Crippen molar-refractivity contribution in [2.24, 2.45) is 0 Å². The van der Waals surface area contributed by atoms with E-state index in [2.05, 4.69) is 9.36 Å². The van der Waals surface area contributed by atoms with Crippen LogP contribution in [0.4, 0.5) is 0 Å². The van der Waals surface area contributed by atoms with Gasteiger partial charge in [-0.05, 0) is 11.5 Å². The molecule has 0 aliphatic heterocycles. The molecular weight excluding hydrogens is 172 g/mol. The van der Waals surface area contributed by atoms with Gasteiger partial charge in [-0.2, -0.15) is 4.98 Å². The minimum atomic E-state index is -0.404. The van der Waals surface area contributed by atoms with Crippen LogP contribution in [0.3, 0.4) is 0 Å². The van der Waals surface area contributed by atoms with Crippen LogP contribution in [0.25, 0.3) is 10.6 Å². The van der Waals surface area contributed by atoms with Crippen molar-refractivity contribution >= 4 is 11.5 Å². The smallest absolute Gasteiger partial charge is 0.243 e. The monoisotopic (exact) mass is 177 g/mol. The fourth-order valence-electron chi connectivity index (χ4n) is 0.908. The van der Waals surface area contributed by atoms with Gasteiger partial charge in [0.25, 0.3) is 0 Å². The SMILES string of the molecule is [O]c1nsc(-c2ccccc2)n1. The van der Waals surface area contributed by atoms with Crippen LogP contribution in [0.5, 0.6) is 6.01 Å². The van der Waals surface area contributed by atoms with E-state index in [-0.39, 0.29) is 0 Å². The third-order valence-corrected chi connectivity index (χ3v) is 2.18. The van der Waals surface area contributed by atoms with Crippen molar-refractivity contribution in [1.82, 2.24) is 9.36 Å². The number of hydrogen-bond donors (Lipinski definition) is 0. The molecule has 2 rings (SSSR count). The van der Waals surface area contributed by atoms with Gasteiger partial charge in [0.05, 0.1) is 0 Å². The van der Waals surface area contributed by atoms with Crippen LogP contribution in [0.2, 0.25) is 0 Å². The van der Waals surface area contributed by atoms with Crippen LogP contribution in [0, 0.1) is 0 Å². The Morgan fingerprint density at radius 3 is 2.50 bits per heavy atom. The van der Waals surface area contributed by atoms with Gasteiger partial charge in [0.15, 0.2) is 0 Å². The van der Waals surface area contributed by atoms with Crippen molar-refractivity contribution < 1.29 is 5.11 Å². The Morgan fingerprint density at radius 1 is 1.17 bits per heavy atom. The van der Waals surface area contributed by atoms with Gasteiger partial charge in [0.1, 0.15) is 5.01 Å². The number of nitrogens with zero attached hydrogens (tertiary/aromatic N) is 2. The first-order chi connectivity index (χ1) is 5.86. The third kappa shape index (κ3) is 1.29. The number of benzene rings is 1. The molecular formula is C8H5N2OS. The fraction of sp³-hybridized carbons (Fsp3) is 0. The van der Waals surface area contributed by atoms with Crippen molar-refractivity contribution in [3.63, 3.8) is 0 Å². The molecule has 0 spiro atoms. The summed E-state index contributed by atoms with van der Waals surface area (Å²) in [6.07, 6.45) is 0. The lowest BCUT2D eigenvalue weighted by Crippen LogP contribution is -1.72. The minimum absolute atomic E-state index is 0.404. The normalized spacial score (nSPS) is 10.0. The summed E-state index contributed by atoms with van der Waals surface area (Å²) in [5.74, 6) is 0. The molecule has 1 heterocycles. The molecule has 0 fully saturated rings. The third-order valence-electron chi connectivity index (χ3n) is 1.43. The first-order valence-corrected chi connectivity index (χ1v) is 4.20. The highest BCUT2D eigenvalue weighted by Crippen LogP contribution is 2.22. The Kier molecular flexibility index (Phi) is 1.75. The van der Waals surface area contributed by atoms with E-state index in [4.69, 9.17) is 0 Å². The maximum atomic E-state index is 10.7. The van der Waals surface area contributed by atoms with Gasteiger partial charge in [-0.15, -0.1) is 4.37 Å². The molecule has 1 aromatic carbocycles. The molecule has 12 heavy (non-hydrogen) atoms. The lowest BCUT2D eigenvalue weighted by atomic mass is 10.2. The van der Waals surface area contributed by atoms with Gasteiger partial charge in [-0.1, -0.05) is 30.3 Å². The molecule has 2 aromatic rings. The molecule has 59 valence electrons. The van der Waals surface area contributed by atoms with Crippen LogP contribution < -0.4 is 0 Å². The summed E-state index contributed by atoms with van der Waals surface area (Å²) in [5, 5.41) is 11.3. The Morgan fingerprint density at radius 2 is 1.92 bits per heavy atom. The molecule has 1 radical (unpaired) electrons. The first kappa shape index (κ1) is 7.24. The number of rotatable bonds is 1. The lowest BCUT2D eigenvalue weighted by molar-refractivity contribution is 0.325. The van der Waals surface area contributed by atoms with Crippen LogP contribution in [-0.2, 0) is 5.11 Å². The van der Waals surface area contributed by atoms with Crippen molar-refractivity contribution in [2.75, 3.05) is 0 Å². The Bertz CT molecular complexity index is 372. The van der Waals surface area contributed by atoms with Gasteiger partial charge in [0, 0.05) is 5.56 Å². The number of aromatic nitrogens is 2. The minimum Gasteiger partial charge on any atom is -0.243 e. The summed E-state index contributed by atoms with van der Waals surface area (Å²) in [6, 6.07) is 9.13. The van der Waals surface area contributed by atoms with E-state index < -0.39 is 6.01 Å². The average molecular weight is 177 g/mol. The van der Waals surface area contributed by atoms with E-state index in [9.17, 15) is 5.11 Å². The molecule has 4 heteroatoms. The van der Waals surface area contributed by atoms with Crippen molar-refractivity contribution in [3.05, 3.63) is 30.3 Å². The molecule has 0 saturated carbocycles. The second kappa shape index (κ2) is 2.91. The highest BCUT2D eigenvalue weighted by atomic mass is 32.1. The van der Waals surface area contributed by atoms with Gasteiger partial charge >= 0.3 is 6.01 Å². The van der Waals surface area contributed by atoms with E-state index in [0.717, 1.165) is 17.1 Å². The van der Waals surface area contributed by atoms with Crippen LogP contribution >= 0.6 is 11.5 Å². The second-order valence-corrected chi connectivity index (χ2v) is 3.00. The zero-order valence-corrected chi connectivity index (χ0v) is 6.91. The van der Waals surface area contributed by atoms with Crippen molar-refractivity contribution in [3.8, 4) is 16.6 Å². The topological polar surface area (TPSA) is 45.7 Å². The van der Waals surface area contributed by atoms with Gasteiger partial charge in [-0.3, -0.25) is 0 Å². The largest absolute Gasteiger partial charge is 0.379 e. The lowest BCUT2D eigenvalue weighted by Gasteiger charge is -1.90. The molecule has 0 unspecified atom stereocenters. The van der Waals surface area contributed by atoms with Crippen LogP contribution in [0.1, 0.15) is 0 Å². The number of hydrogen-bond acceptors (Lipinski definition) is 3. The van der Waals surface area contributed by atoms with Crippen LogP contribution in [0.15, 0.2) is 30.3 Å². The van der Waals surface area contributed by atoms with Crippen molar-refractivity contribution in [2.45, 2.75) is 0 Å². The molecule has 0 amide bonds. The highest BCUT2D eigenvalue weighted by Gasteiger charge is 2.04. The van der Waals surface area contributed by atoms with E-state index in [0.29, 0.717) is 5.01 Å². The van der Waals surface area contributed by atoms with E-state index in [1.807, 2.05) is 30.3 Å². The van der Waals surface area contributed by atoms with Gasteiger partial charge in [0.2, 0.25) is 0 Å². The van der Waals surface area contributed by atoms with Crippen molar-refractivity contribution in [1.29, 1.82) is 0 Å². The second-order valence-electron chi connectivity index (χ2n) is 2.25. The van der Waals surface area contributed by atoms with E-state index in [1.54, 1.807) is 0 Å². The zero-order valence-electron chi connectivity index (χ0n) is 6.10. The maximum absolute atomic E-state index is 10.7. The predicted molar refractivity (Wildman–Crippen MR) is 45.5 cm³/mol. The summed E-state index contributed by atoms with van der Waals surface area (Å²) in [5.41, 5.74) is 0.942.